The second kappa shape index (κ2) is 5.49. The number of carbonyl (C=O) groups is 1. The molecule has 0 saturated carbocycles. The zero-order valence-electron chi connectivity index (χ0n) is 10.7. The van der Waals surface area contributed by atoms with Gasteiger partial charge < -0.3 is 9.84 Å². The molecule has 2 aromatic heterocycles. The molecule has 0 aliphatic carbocycles. The summed E-state index contributed by atoms with van der Waals surface area (Å²) < 4.78 is 6.57. The Labute approximate surface area is 128 Å². The van der Waals surface area contributed by atoms with Gasteiger partial charge in [-0.2, -0.15) is 0 Å². The molecule has 3 aromatic rings. The lowest BCUT2D eigenvalue weighted by atomic mass is 10.2. The highest BCUT2D eigenvalue weighted by atomic mass is 79.9. The highest BCUT2D eigenvalue weighted by Gasteiger charge is 2.08. The molecule has 0 saturated heterocycles. The Morgan fingerprint density at radius 3 is 2.86 bits per heavy atom. The van der Waals surface area contributed by atoms with Gasteiger partial charge in [0.05, 0.1) is 11.1 Å². The molecule has 1 aromatic carbocycles. The maximum Gasteiger partial charge on any atom is 0.335 e. The first-order valence-electron chi connectivity index (χ1n) is 6.05. The molecular weight excluding hydrogens is 336 g/mol. The van der Waals surface area contributed by atoms with E-state index in [2.05, 4.69) is 25.9 Å². The summed E-state index contributed by atoms with van der Waals surface area (Å²) in [5, 5.41) is 8.99. The maximum absolute atomic E-state index is 11.0. The number of nitrogens with zero attached hydrogens (tertiary/aromatic N) is 2. The molecular formula is C15H9BrN2O3. The lowest BCUT2D eigenvalue weighted by molar-refractivity contribution is 0.0696. The number of carboxylic acid groups (broad SMARTS) is 1. The number of benzene rings is 1. The van der Waals surface area contributed by atoms with Crippen molar-refractivity contribution in [1.29, 1.82) is 0 Å². The summed E-state index contributed by atoms with van der Waals surface area (Å²) in [6.45, 7) is 0. The Kier molecular flexibility index (Phi) is 3.53. The summed E-state index contributed by atoms with van der Waals surface area (Å²) in [5.74, 6) is -0.0377. The van der Waals surface area contributed by atoms with Crippen molar-refractivity contribution in [1.82, 2.24) is 9.97 Å². The van der Waals surface area contributed by atoms with E-state index < -0.39 is 5.97 Å². The van der Waals surface area contributed by atoms with E-state index in [0.29, 0.717) is 22.5 Å². The van der Waals surface area contributed by atoms with Gasteiger partial charge in [0.2, 0.25) is 0 Å². The average molecular weight is 345 g/mol. The molecule has 5 nitrogen and oxygen atoms in total. The van der Waals surface area contributed by atoms with Crippen molar-refractivity contribution in [2.45, 2.75) is 0 Å². The number of rotatable bonds is 3. The van der Waals surface area contributed by atoms with Gasteiger partial charge in [-0.3, -0.25) is 4.98 Å². The monoisotopic (exact) mass is 344 g/mol. The van der Waals surface area contributed by atoms with Crippen LogP contribution in [0, 0.1) is 0 Å². The topological polar surface area (TPSA) is 72.3 Å². The molecule has 0 aliphatic heterocycles. The van der Waals surface area contributed by atoms with Gasteiger partial charge in [0.25, 0.3) is 0 Å². The second-order valence-electron chi connectivity index (χ2n) is 4.27. The van der Waals surface area contributed by atoms with Gasteiger partial charge in [-0.05, 0) is 40.2 Å². The number of fused-ring (bicyclic) bond motifs is 1. The minimum atomic E-state index is -0.998. The smallest absolute Gasteiger partial charge is 0.335 e. The van der Waals surface area contributed by atoms with Crippen molar-refractivity contribution >= 4 is 32.9 Å². The van der Waals surface area contributed by atoms with E-state index in [1.54, 1.807) is 30.6 Å². The third-order valence-electron chi connectivity index (χ3n) is 2.82. The van der Waals surface area contributed by atoms with Gasteiger partial charge in [0.15, 0.2) is 5.75 Å². The molecule has 6 heteroatoms. The van der Waals surface area contributed by atoms with Gasteiger partial charge in [-0.15, -0.1) is 0 Å². The summed E-state index contributed by atoms with van der Waals surface area (Å²) in [5.41, 5.74) is 1.47. The minimum Gasteiger partial charge on any atom is -0.478 e. The Hall–Kier alpha value is -2.47. The third kappa shape index (κ3) is 2.85. The highest BCUT2D eigenvalue weighted by molar-refractivity contribution is 9.10. The van der Waals surface area contributed by atoms with E-state index in [1.165, 1.54) is 12.1 Å². The molecule has 3 rings (SSSR count). The third-order valence-corrected chi connectivity index (χ3v) is 3.25. The van der Waals surface area contributed by atoms with Crippen LogP contribution in [0.5, 0.6) is 11.5 Å². The van der Waals surface area contributed by atoms with Crippen molar-refractivity contribution in [2.75, 3.05) is 0 Å². The molecule has 2 heterocycles. The molecule has 0 bridgehead atoms. The van der Waals surface area contributed by atoms with Crippen LogP contribution in [-0.2, 0) is 0 Å². The minimum absolute atomic E-state index is 0.168. The molecule has 0 unspecified atom stereocenters. The van der Waals surface area contributed by atoms with Gasteiger partial charge in [0.1, 0.15) is 11.3 Å². The number of ether oxygens (including phenoxy) is 1. The SMILES string of the molecule is O=C(O)c1cccc(Oc2ccnc3cc(Br)cnc23)c1. The van der Waals surface area contributed by atoms with E-state index in [-0.39, 0.29) is 5.56 Å². The largest absolute Gasteiger partial charge is 0.478 e. The van der Waals surface area contributed by atoms with Crippen LogP contribution >= 0.6 is 15.9 Å². The van der Waals surface area contributed by atoms with Crippen LogP contribution in [0.1, 0.15) is 10.4 Å². The fourth-order valence-electron chi connectivity index (χ4n) is 1.88. The Morgan fingerprint density at radius 2 is 2.05 bits per heavy atom. The quantitative estimate of drug-likeness (QED) is 0.780. The molecule has 21 heavy (non-hydrogen) atoms. The molecule has 0 fully saturated rings. The van der Waals surface area contributed by atoms with Crippen LogP contribution in [0.15, 0.2) is 53.3 Å². The number of aromatic nitrogens is 2. The fraction of sp³-hybridized carbons (Fsp3) is 0. The van der Waals surface area contributed by atoms with E-state index in [0.717, 1.165) is 4.47 Å². The van der Waals surface area contributed by atoms with Gasteiger partial charge in [0, 0.05) is 22.9 Å². The molecule has 104 valence electrons. The van der Waals surface area contributed by atoms with Crippen molar-refractivity contribution in [3.8, 4) is 11.5 Å². The van der Waals surface area contributed by atoms with Gasteiger partial charge in [-0.25, -0.2) is 9.78 Å². The predicted octanol–water partition coefficient (Wildman–Crippen LogP) is 3.88. The predicted molar refractivity (Wildman–Crippen MR) is 80.7 cm³/mol. The standard InChI is InChI=1S/C15H9BrN2O3/c16-10-7-12-14(18-8-10)13(4-5-17-12)21-11-3-1-2-9(6-11)15(19)20/h1-8H,(H,19,20). The summed E-state index contributed by atoms with van der Waals surface area (Å²) in [4.78, 5) is 19.5. The Morgan fingerprint density at radius 1 is 1.19 bits per heavy atom. The Balaban J connectivity index is 2.02. The number of pyridine rings is 2. The van der Waals surface area contributed by atoms with E-state index in [1.807, 2.05) is 6.07 Å². The molecule has 0 amide bonds. The fourth-order valence-corrected chi connectivity index (χ4v) is 2.20. The van der Waals surface area contributed by atoms with E-state index in [9.17, 15) is 4.79 Å². The van der Waals surface area contributed by atoms with Crippen LogP contribution in [-0.4, -0.2) is 21.0 Å². The van der Waals surface area contributed by atoms with Crippen LogP contribution in [0.3, 0.4) is 0 Å². The van der Waals surface area contributed by atoms with Crippen LogP contribution in [0.4, 0.5) is 0 Å². The summed E-state index contributed by atoms with van der Waals surface area (Å²) in [6, 6.07) is 9.83. The first-order valence-corrected chi connectivity index (χ1v) is 6.84. The Bertz CT molecular complexity index is 836. The van der Waals surface area contributed by atoms with Crippen molar-refractivity contribution in [3.63, 3.8) is 0 Å². The molecule has 0 atom stereocenters. The molecule has 0 radical (unpaired) electrons. The number of carboxylic acids is 1. The van der Waals surface area contributed by atoms with Crippen molar-refractivity contribution < 1.29 is 14.6 Å². The summed E-state index contributed by atoms with van der Waals surface area (Å²) >= 11 is 3.34. The lowest BCUT2D eigenvalue weighted by Crippen LogP contribution is -1.96. The van der Waals surface area contributed by atoms with Crippen LogP contribution in [0.2, 0.25) is 0 Å². The first-order chi connectivity index (χ1) is 10.1. The molecule has 0 spiro atoms. The first kappa shape index (κ1) is 13.5. The maximum atomic E-state index is 11.0. The average Bonchev–Trinajstić information content (AvgIpc) is 2.47. The van der Waals surface area contributed by atoms with Crippen LogP contribution < -0.4 is 4.74 Å². The van der Waals surface area contributed by atoms with E-state index >= 15 is 0 Å². The van der Waals surface area contributed by atoms with Crippen molar-refractivity contribution in [3.05, 3.63) is 58.8 Å². The van der Waals surface area contributed by atoms with Gasteiger partial charge in [-0.1, -0.05) is 6.07 Å². The van der Waals surface area contributed by atoms with Gasteiger partial charge >= 0.3 is 5.97 Å². The number of halogens is 1. The highest BCUT2D eigenvalue weighted by Crippen LogP contribution is 2.28. The van der Waals surface area contributed by atoms with Crippen molar-refractivity contribution in [2.24, 2.45) is 0 Å². The summed E-state index contributed by atoms with van der Waals surface area (Å²) in [6.07, 6.45) is 3.28. The molecule has 0 aliphatic rings. The number of hydrogen-bond acceptors (Lipinski definition) is 4. The zero-order valence-corrected chi connectivity index (χ0v) is 12.2. The van der Waals surface area contributed by atoms with Crippen LogP contribution in [0.25, 0.3) is 11.0 Å². The molecule has 1 N–H and O–H groups in total. The lowest BCUT2D eigenvalue weighted by Gasteiger charge is -2.08. The second-order valence-corrected chi connectivity index (χ2v) is 5.18. The zero-order chi connectivity index (χ0) is 14.8. The normalized spacial score (nSPS) is 10.5. The summed E-state index contributed by atoms with van der Waals surface area (Å²) in [7, 11) is 0. The number of hydrogen-bond donors (Lipinski definition) is 1. The number of aromatic carboxylic acids is 1. The van der Waals surface area contributed by atoms with E-state index in [4.69, 9.17) is 9.84 Å².